The lowest BCUT2D eigenvalue weighted by atomic mass is 9.84. The number of halogens is 1. The van der Waals surface area contributed by atoms with Gasteiger partial charge in [0.25, 0.3) is 0 Å². The van der Waals surface area contributed by atoms with Crippen molar-refractivity contribution in [2.75, 3.05) is 0 Å². The third kappa shape index (κ3) is 1.43. The summed E-state index contributed by atoms with van der Waals surface area (Å²) in [4.78, 5) is 0. The number of hydrogen-bond acceptors (Lipinski definition) is 0. The van der Waals surface area contributed by atoms with Gasteiger partial charge in [-0.2, -0.15) is 0 Å². The van der Waals surface area contributed by atoms with Crippen LogP contribution in [0, 0.1) is 0 Å². The Balaban J connectivity index is 2.28. The zero-order valence-electron chi connectivity index (χ0n) is 11.7. The average Bonchev–Trinajstić information content (AvgIpc) is 2.56. The highest BCUT2D eigenvalue weighted by molar-refractivity contribution is 9.10. The maximum absolute atomic E-state index is 6.21. The highest BCUT2D eigenvalue weighted by Gasteiger charge is 2.13. The van der Waals surface area contributed by atoms with Gasteiger partial charge in [0, 0.05) is 4.47 Å². The minimum Gasteiger partial charge on any atom is -0.0889 e. The fourth-order valence-corrected chi connectivity index (χ4v) is 4.16. The van der Waals surface area contributed by atoms with Gasteiger partial charge in [-0.1, -0.05) is 76.0 Å². The molecule has 100 valence electrons. The zero-order valence-corrected chi connectivity index (χ0v) is 13.3. The molecule has 0 saturated carbocycles. The molecular weight excluding hydrogens is 331 g/mol. The van der Waals surface area contributed by atoms with Crippen LogP contribution in [0.4, 0.5) is 0 Å². The summed E-state index contributed by atoms with van der Waals surface area (Å²) >= 11 is 3.69. The molecule has 5 rings (SSSR count). The van der Waals surface area contributed by atoms with Crippen LogP contribution in [-0.4, -0.2) is 7.85 Å². The molecule has 0 fully saturated rings. The Morgan fingerprint density at radius 2 is 1.05 bits per heavy atom. The Morgan fingerprint density at radius 1 is 0.545 bits per heavy atom. The summed E-state index contributed by atoms with van der Waals surface area (Å²) in [5.41, 5.74) is 0.841. The second-order valence-electron chi connectivity index (χ2n) is 5.75. The molecule has 5 aromatic rings. The van der Waals surface area contributed by atoms with Crippen LogP contribution in [0.1, 0.15) is 0 Å². The molecule has 0 aliphatic carbocycles. The first-order chi connectivity index (χ1) is 10.8. The van der Waals surface area contributed by atoms with Gasteiger partial charge in [0.1, 0.15) is 7.85 Å². The maximum Gasteiger partial charge on any atom is 0.114 e. The van der Waals surface area contributed by atoms with E-state index in [2.05, 4.69) is 70.5 Å². The van der Waals surface area contributed by atoms with Crippen LogP contribution in [0.25, 0.3) is 43.1 Å². The second kappa shape index (κ2) is 4.24. The molecule has 0 N–H and O–H groups in total. The van der Waals surface area contributed by atoms with E-state index in [-0.39, 0.29) is 0 Å². The molecule has 2 radical (unpaired) electrons. The fraction of sp³-hybridized carbons (Fsp3) is 0. The topological polar surface area (TPSA) is 0 Å². The number of hydrogen-bond donors (Lipinski definition) is 0. The second-order valence-corrected chi connectivity index (χ2v) is 6.61. The van der Waals surface area contributed by atoms with Gasteiger partial charge >= 0.3 is 0 Å². The first kappa shape index (κ1) is 12.5. The first-order valence-corrected chi connectivity index (χ1v) is 8.08. The van der Waals surface area contributed by atoms with E-state index in [0.717, 1.165) is 15.3 Å². The molecule has 0 bridgehead atoms. The van der Waals surface area contributed by atoms with Crippen molar-refractivity contribution in [2.24, 2.45) is 0 Å². The molecule has 0 amide bonds. The van der Waals surface area contributed by atoms with Crippen molar-refractivity contribution >= 4 is 72.3 Å². The van der Waals surface area contributed by atoms with Crippen LogP contribution in [-0.2, 0) is 0 Å². The van der Waals surface area contributed by atoms with Crippen molar-refractivity contribution in [1.82, 2.24) is 0 Å². The Morgan fingerprint density at radius 3 is 1.77 bits per heavy atom. The van der Waals surface area contributed by atoms with Gasteiger partial charge in [0.15, 0.2) is 0 Å². The van der Waals surface area contributed by atoms with Gasteiger partial charge in [-0.05, 0) is 49.2 Å². The fourth-order valence-electron chi connectivity index (χ4n) is 3.70. The minimum atomic E-state index is 0.841. The molecular formula is C20H10BBr. The van der Waals surface area contributed by atoms with Gasteiger partial charge in [-0.15, -0.1) is 0 Å². The van der Waals surface area contributed by atoms with E-state index in [0.29, 0.717) is 0 Å². The van der Waals surface area contributed by atoms with E-state index >= 15 is 0 Å². The monoisotopic (exact) mass is 340 g/mol. The summed E-state index contributed by atoms with van der Waals surface area (Å²) in [6.07, 6.45) is 0. The predicted molar refractivity (Wildman–Crippen MR) is 101 cm³/mol. The lowest BCUT2D eigenvalue weighted by Crippen LogP contribution is -2.03. The summed E-state index contributed by atoms with van der Waals surface area (Å²) in [6.45, 7) is 0. The minimum absolute atomic E-state index is 0.841. The number of fused-ring (bicyclic) bond motifs is 2. The molecule has 0 aromatic heterocycles. The van der Waals surface area contributed by atoms with Gasteiger partial charge in [0.05, 0.1) is 0 Å². The van der Waals surface area contributed by atoms with E-state index in [4.69, 9.17) is 7.85 Å². The van der Waals surface area contributed by atoms with Crippen molar-refractivity contribution in [3.05, 3.63) is 65.1 Å². The number of benzene rings is 5. The van der Waals surface area contributed by atoms with Crippen molar-refractivity contribution in [3.8, 4) is 0 Å². The number of rotatable bonds is 0. The predicted octanol–water partition coefficient (Wildman–Crippen LogP) is 5.29. The van der Waals surface area contributed by atoms with E-state index in [1.807, 2.05) is 6.07 Å². The summed E-state index contributed by atoms with van der Waals surface area (Å²) in [6, 6.07) is 21.4. The molecule has 0 nitrogen and oxygen atoms in total. The Labute approximate surface area is 137 Å². The van der Waals surface area contributed by atoms with Gasteiger partial charge in [-0.3, -0.25) is 0 Å². The molecule has 0 aliphatic heterocycles. The Kier molecular flexibility index (Phi) is 2.40. The standard InChI is InChI=1S/C20H10BBr/c21-17-9-7-13-14-8-10-18(22)16-6-2-4-12(20(14)16)11-3-1-5-15(17)19(11)13/h1-10H. The van der Waals surface area contributed by atoms with Gasteiger partial charge in [0.2, 0.25) is 0 Å². The first-order valence-electron chi connectivity index (χ1n) is 7.29. The molecule has 2 heteroatoms. The molecule has 0 atom stereocenters. The van der Waals surface area contributed by atoms with Crippen LogP contribution in [0.3, 0.4) is 0 Å². The largest absolute Gasteiger partial charge is 0.114 e. The SMILES string of the molecule is [B]c1ccc2c3ccc(Br)c4cccc(c5cccc1c52)c43. The van der Waals surface area contributed by atoms with Crippen LogP contribution in [0.2, 0.25) is 0 Å². The van der Waals surface area contributed by atoms with Crippen molar-refractivity contribution in [1.29, 1.82) is 0 Å². The maximum atomic E-state index is 6.21. The van der Waals surface area contributed by atoms with E-state index in [1.54, 1.807) is 0 Å². The smallest absolute Gasteiger partial charge is 0.0889 e. The van der Waals surface area contributed by atoms with Crippen molar-refractivity contribution in [2.45, 2.75) is 0 Å². The van der Waals surface area contributed by atoms with Crippen LogP contribution >= 0.6 is 15.9 Å². The molecule has 0 heterocycles. The van der Waals surface area contributed by atoms with Gasteiger partial charge < -0.3 is 0 Å². The summed E-state index contributed by atoms with van der Waals surface area (Å²) in [5.74, 6) is 0. The summed E-state index contributed by atoms with van der Waals surface area (Å²) in [5, 5.41) is 10.1. The zero-order chi connectivity index (χ0) is 14.8. The molecule has 0 spiro atoms. The van der Waals surface area contributed by atoms with Crippen LogP contribution in [0.15, 0.2) is 65.1 Å². The molecule has 22 heavy (non-hydrogen) atoms. The normalized spacial score (nSPS) is 12.0. The van der Waals surface area contributed by atoms with E-state index in [9.17, 15) is 0 Å². The molecule has 0 unspecified atom stereocenters. The Hall–Kier alpha value is -2.06. The third-order valence-electron chi connectivity index (χ3n) is 4.64. The highest BCUT2D eigenvalue weighted by Crippen LogP contribution is 2.41. The summed E-state index contributed by atoms with van der Waals surface area (Å²) in [7, 11) is 6.21. The third-order valence-corrected chi connectivity index (χ3v) is 5.33. The van der Waals surface area contributed by atoms with Crippen molar-refractivity contribution < 1.29 is 0 Å². The average molecular weight is 341 g/mol. The van der Waals surface area contributed by atoms with Crippen molar-refractivity contribution in [3.63, 3.8) is 0 Å². The quantitative estimate of drug-likeness (QED) is 0.204. The lowest BCUT2D eigenvalue weighted by molar-refractivity contribution is 1.76. The molecule has 0 aliphatic rings. The van der Waals surface area contributed by atoms with E-state index < -0.39 is 0 Å². The van der Waals surface area contributed by atoms with Crippen LogP contribution < -0.4 is 5.46 Å². The summed E-state index contributed by atoms with van der Waals surface area (Å²) < 4.78 is 1.14. The van der Waals surface area contributed by atoms with Gasteiger partial charge in [-0.25, -0.2) is 0 Å². The van der Waals surface area contributed by atoms with E-state index in [1.165, 1.54) is 37.7 Å². The molecule has 0 saturated heterocycles. The lowest BCUT2D eigenvalue weighted by Gasteiger charge is -2.16. The highest BCUT2D eigenvalue weighted by atomic mass is 79.9. The Bertz CT molecular complexity index is 1070. The van der Waals surface area contributed by atoms with Crippen LogP contribution in [0.5, 0.6) is 0 Å². The molecule has 5 aromatic carbocycles.